The zero-order valence-corrected chi connectivity index (χ0v) is 20.4. The summed E-state index contributed by atoms with van der Waals surface area (Å²) in [4.78, 5) is 9.94. The van der Waals surface area contributed by atoms with E-state index < -0.39 is 0 Å². The first-order valence-electron chi connectivity index (χ1n) is 12.3. The Hall–Kier alpha value is -2.73. The molecule has 0 saturated heterocycles. The molecule has 1 aromatic heterocycles. The van der Waals surface area contributed by atoms with Crippen LogP contribution in [0, 0.1) is 17.2 Å². The number of benzene rings is 1. The fraction of sp³-hybridized carbons (Fsp3) is 0.519. The Labute approximate surface area is 198 Å². The first-order valence-corrected chi connectivity index (χ1v) is 12.3. The average Bonchev–Trinajstić information content (AvgIpc) is 2.79. The number of rotatable bonds is 4. The van der Waals surface area contributed by atoms with Crippen molar-refractivity contribution >= 4 is 34.6 Å². The summed E-state index contributed by atoms with van der Waals surface area (Å²) in [6, 6.07) is 4.17. The number of aliphatic imine (C=N–C) groups is 1. The topological polar surface area (TPSA) is 127 Å². The molecule has 0 aliphatic heterocycles. The van der Waals surface area contributed by atoms with Crippen LogP contribution in [0.3, 0.4) is 0 Å². The number of nitrogens with two attached hydrogens (primary N) is 3. The van der Waals surface area contributed by atoms with Gasteiger partial charge in [0.05, 0.1) is 17.3 Å². The van der Waals surface area contributed by atoms with Gasteiger partial charge in [-0.1, -0.05) is 20.8 Å². The predicted molar refractivity (Wildman–Crippen MR) is 142 cm³/mol. The van der Waals surface area contributed by atoms with Crippen LogP contribution in [-0.4, -0.2) is 30.0 Å². The maximum Gasteiger partial charge on any atom is 0.0774 e. The van der Waals surface area contributed by atoms with E-state index in [0.29, 0.717) is 11.7 Å². The van der Waals surface area contributed by atoms with Crippen LogP contribution in [-0.2, 0) is 12.8 Å². The highest BCUT2D eigenvalue weighted by Gasteiger charge is 2.24. The number of hydrogen-bond donors (Lipinski definition) is 4. The summed E-state index contributed by atoms with van der Waals surface area (Å²) in [5, 5.41) is 8.92. The first-order chi connectivity index (χ1) is 15.9. The Kier molecular flexibility index (Phi) is 8.61. The van der Waals surface area contributed by atoms with Crippen LogP contribution in [0.1, 0.15) is 75.3 Å². The van der Waals surface area contributed by atoms with Crippen molar-refractivity contribution in [1.82, 2.24) is 4.98 Å². The zero-order valence-electron chi connectivity index (χ0n) is 20.4. The molecular weight excluding hydrogens is 408 g/mol. The molecule has 3 atom stereocenters. The van der Waals surface area contributed by atoms with E-state index in [1.807, 2.05) is 25.3 Å². The first kappa shape index (κ1) is 24.9. The van der Waals surface area contributed by atoms with E-state index in [0.717, 1.165) is 84.6 Å². The van der Waals surface area contributed by atoms with E-state index in [9.17, 15) is 0 Å². The second-order valence-electron chi connectivity index (χ2n) is 9.61. The summed E-state index contributed by atoms with van der Waals surface area (Å²) >= 11 is 0. The number of fused-ring (bicyclic) bond motifs is 3. The van der Waals surface area contributed by atoms with E-state index >= 15 is 0 Å². The van der Waals surface area contributed by atoms with Gasteiger partial charge in [0.2, 0.25) is 0 Å². The highest BCUT2D eigenvalue weighted by atomic mass is 14.8. The highest BCUT2D eigenvalue weighted by Crippen LogP contribution is 2.36. The SMILES string of the molecule is CCN.C[C@@H]1CC(N=C/C(=C\N)c2nc3ccc(N)c(C=N)c3c3c2CCCC3)C[C@H](C)C1. The monoisotopic (exact) mass is 448 g/mol. The number of pyridine rings is 1. The van der Waals surface area contributed by atoms with Gasteiger partial charge in [-0.05, 0) is 86.6 Å². The lowest BCUT2D eigenvalue weighted by molar-refractivity contribution is 0.271. The van der Waals surface area contributed by atoms with Gasteiger partial charge in [-0.15, -0.1) is 0 Å². The summed E-state index contributed by atoms with van der Waals surface area (Å²) in [7, 11) is 0. The van der Waals surface area contributed by atoms with Crippen molar-refractivity contribution in [2.45, 2.75) is 71.8 Å². The van der Waals surface area contributed by atoms with Crippen molar-refractivity contribution in [2.24, 2.45) is 28.3 Å². The number of anilines is 1. The summed E-state index contributed by atoms with van der Waals surface area (Å²) in [5.41, 5.74) is 23.8. The fourth-order valence-electron chi connectivity index (χ4n) is 5.45. The van der Waals surface area contributed by atoms with Crippen LogP contribution in [0.2, 0.25) is 0 Å². The van der Waals surface area contributed by atoms with Crippen molar-refractivity contribution in [3.05, 3.63) is 40.7 Å². The number of aryl methyl sites for hydroxylation is 1. The number of aromatic nitrogens is 1. The minimum Gasteiger partial charge on any atom is -0.404 e. The van der Waals surface area contributed by atoms with Crippen LogP contribution in [0.5, 0.6) is 0 Å². The molecule has 1 aromatic carbocycles. The third-order valence-electron chi connectivity index (χ3n) is 6.72. The number of nitrogens with one attached hydrogen (secondary N) is 1. The Morgan fingerprint density at radius 1 is 1.12 bits per heavy atom. The molecule has 2 aromatic rings. The van der Waals surface area contributed by atoms with Crippen LogP contribution in [0.25, 0.3) is 16.5 Å². The summed E-state index contributed by atoms with van der Waals surface area (Å²) in [5.74, 6) is 1.44. The Morgan fingerprint density at radius 3 is 2.36 bits per heavy atom. The van der Waals surface area contributed by atoms with Crippen molar-refractivity contribution in [3.8, 4) is 0 Å². The van der Waals surface area contributed by atoms with Gasteiger partial charge in [0.15, 0.2) is 0 Å². The Bertz CT molecular complexity index is 1030. The standard InChI is InChI=1S/C25H33N5.C2H7N/c1-15-9-16(2)11-18(10-15)29-14-17(12-26)25-20-6-4-3-5-19(20)24-21(13-27)22(28)7-8-23(24)30-25;1-2-3/h7-8,12-16,18,27H,3-6,9-11,26,28H2,1-2H3;2-3H2,1H3/b17-12+,27-13?,29-14?;/t15-,16+,18?;. The second-order valence-corrected chi connectivity index (χ2v) is 9.61. The van der Waals surface area contributed by atoms with Crippen molar-refractivity contribution in [2.75, 3.05) is 12.3 Å². The minimum atomic E-state index is 0.360. The molecular formula is C27H40N6. The van der Waals surface area contributed by atoms with Gasteiger partial charge >= 0.3 is 0 Å². The lowest BCUT2D eigenvalue weighted by Gasteiger charge is -2.29. The third-order valence-corrected chi connectivity index (χ3v) is 6.72. The molecule has 0 radical (unpaired) electrons. The van der Waals surface area contributed by atoms with Gasteiger partial charge in [0, 0.05) is 40.8 Å². The molecule has 33 heavy (non-hydrogen) atoms. The van der Waals surface area contributed by atoms with Gasteiger partial charge in [0.1, 0.15) is 0 Å². The average molecular weight is 449 g/mol. The molecule has 1 saturated carbocycles. The molecule has 2 aliphatic rings. The van der Waals surface area contributed by atoms with E-state index in [-0.39, 0.29) is 0 Å². The lowest BCUT2D eigenvalue weighted by atomic mass is 9.80. The summed E-state index contributed by atoms with van der Waals surface area (Å²) < 4.78 is 0. The zero-order chi connectivity index (χ0) is 24.0. The van der Waals surface area contributed by atoms with Gasteiger partial charge in [0.25, 0.3) is 0 Å². The van der Waals surface area contributed by atoms with Gasteiger partial charge in [-0.2, -0.15) is 0 Å². The smallest absolute Gasteiger partial charge is 0.0774 e. The maximum atomic E-state index is 7.88. The van der Waals surface area contributed by atoms with Crippen LogP contribution < -0.4 is 17.2 Å². The van der Waals surface area contributed by atoms with E-state index in [1.165, 1.54) is 23.8 Å². The molecule has 178 valence electrons. The van der Waals surface area contributed by atoms with Crippen molar-refractivity contribution in [1.29, 1.82) is 5.41 Å². The van der Waals surface area contributed by atoms with Crippen LogP contribution in [0.4, 0.5) is 5.69 Å². The van der Waals surface area contributed by atoms with Crippen LogP contribution >= 0.6 is 0 Å². The molecule has 7 N–H and O–H groups in total. The minimum absolute atomic E-state index is 0.360. The molecule has 6 nitrogen and oxygen atoms in total. The number of hydrogen-bond acceptors (Lipinski definition) is 6. The molecule has 1 unspecified atom stereocenters. The molecule has 1 fully saturated rings. The Balaban J connectivity index is 0.000000968. The quantitative estimate of drug-likeness (QED) is 0.393. The summed E-state index contributed by atoms with van der Waals surface area (Å²) in [6.07, 6.45) is 12.8. The maximum absolute atomic E-state index is 7.88. The molecule has 4 rings (SSSR count). The molecule has 6 heteroatoms. The number of nitrogen functional groups attached to an aromatic ring is 1. The van der Waals surface area contributed by atoms with Crippen LogP contribution in [0.15, 0.2) is 23.3 Å². The second kappa shape index (κ2) is 11.4. The third kappa shape index (κ3) is 5.61. The molecule has 1 heterocycles. The fourth-order valence-corrected chi connectivity index (χ4v) is 5.45. The van der Waals surface area contributed by atoms with E-state index in [4.69, 9.17) is 32.6 Å². The van der Waals surface area contributed by atoms with Gasteiger partial charge < -0.3 is 22.6 Å². The predicted octanol–water partition coefficient (Wildman–Crippen LogP) is 4.85. The number of nitrogens with zero attached hydrogens (tertiary/aromatic N) is 2. The van der Waals surface area contributed by atoms with Gasteiger partial charge in [-0.25, -0.2) is 4.98 Å². The van der Waals surface area contributed by atoms with E-state index in [2.05, 4.69) is 13.8 Å². The highest BCUT2D eigenvalue weighted by molar-refractivity contribution is 6.11. The van der Waals surface area contributed by atoms with E-state index in [1.54, 1.807) is 6.20 Å². The largest absolute Gasteiger partial charge is 0.404 e. The van der Waals surface area contributed by atoms with Gasteiger partial charge in [-0.3, -0.25) is 4.99 Å². The summed E-state index contributed by atoms with van der Waals surface area (Å²) in [6.45, 7) is 7.30. The Morgan fingerprint density at radius 2 is 1.76 bits per heavy atom. The molecule has 2 aliphatic carbocycles. The molecule has 0 bridgehead atoms. The molecule has 0 amide bonds. The molecule has 0 spiro atoms. The normalized spacial score (nSPS) is 23.2. The number of allylic oxidation sites excluding steroid dienone is 1. The van der Waals surface area contributed by atoms with Crippen molar-refractivity contribution < 1.29 is 0 Å². The van der Waals surface area contributed by atoms with Crippen molar-refractivity contribution in [3.63, 3.8) is 0 Å². The lowest BCUT2D eigenvalue weighted by Crippen LogP contribution is -2.22.